The van der Waals surface area contributed by atoms with Gasteiger partial charge in [-0.2, -0.15) is 5.26 Å². The lowest BCUT2D eigenvalue weighted by Gasteiger charge is -2.12. The van der Waals surface area contributed by atoms with E-state index in [1.54, 1.807) is 42.5 Å². The first-order chi connectivity index (χ1) is 13.6. The molecular weight excluding hydrogens is 358 g/mol. The average molecular weight is 379 g/mol. The minimum atomic E-state index is -0.369. The van der Waals surface area contributed by atoms with Crippen molar-refractivity contribution >= 4 is 17.5 Å². The molecule has 144 valence electrons. The second-order valence-electron chi connectivity index (χ2n) is 6.37. The predicted molar refractivity (Wildman–Crippen MR) is 103 cm³/mol. The fraction of sp³-hybridized carbons (Fsp3) is 0.286. The Morgan fingerprint density at radius 1 is 1.14 bits per heavy atom. The number of hydrogen-bond acceptors (Lipinski definition) is 5. The van der Waals surface area contributed by atoms with Gasteiger partial charge in [-0.25, -0.2) is 0 Å². The number of anilines is 1. The van der Waals surface area contributed by atoms with Gasteiger partial charge in [-0.15, -0.1) is 0 Å². The van der Waals surface area contributed by atoms with Gasteiger partial charge in [-0.05, 0) is 50.1 Å². The van der Waals surface area contributed by atoms with E-state index in [0.29, 0.717) is 34.9 Å². The molecule has 0 aliphatic heterocycles. The van der Waals surface area contributed by atoms with E-state index in [9.17, 15) is 9.59 Å². The standard InChI is InChI=1S/C21H21N3O4/c1-2-27-19-10-14(12-22)6-9-18(19)28-13-20(25)23-17-5-3-4-15(11-17)21(26)24-16-7-8-16/h3-6,9-11,16H,2,7-8,13H2,1H3,(H,23,25)(H,24,26). The maximum atomic E-state index is 12.2. The highest BCUT2D eigenvalue weighted by atomic mass is 16.5. The highest BCUT2D eigenvalue weighted by molar-refractivity contribution is 5.97. The summed E-state index contributed by atoms with van der Waals surface area (Å²) in [5, 5.41) is 14.6. The predicted octanol–water partition coefficient (Wildman–Crippen LogP) is 2.87. The van der Waals surface area contributed by atoms with Crippen LogP contribution in [0.25, 0.3) is 0 Å². The van der Waals surface area contributed by atoms with Crippen LogP contribution in [-0.4, -0.2) is 31.1 Å². The Labute approximate surface area is 163 Å². The molecule has 2 N–H and O–H groups in total. The topological polar surface area (TPSA) is 100 Å². The van der Waals surface area contributed by atoms with Gasteiger partial charge in [0, 0.05) is 23.4 Å². The zero-order chi connectivity index (χ0) is 19.9. The SMILES string of the molecule is CCOc1cc(C#N)ccc1OCC(=O)Nc1cccc(C(=O)NC2CC2)c1. The lowest BCUT2D eigenvalue weighted by molar-refractivity contribution is -0.118. The highest BCUT2D eigenvalue weighted by Gasteiger charge is 2.23. The van der Waals surface area contributed by atoms with Gasteiger partial charge in [0.25, 0.3) is 11.8 Å². The number of hydrogen-bond donors (Lipinski definition) is 2. The first-order valence-electron chi connectivity index (χ1n) is 9.09. The van der Waals surface area contributed by atoms with Crippen LogP contribution in [0, 0.1) is 11.3 Å². The molecular formula is C21H21N3O4. The molecule has 3 rings (SSSR count). The van der Waals surface area contributed by atoms with Crippen molar-refractivity contribution in [2.75, 3.05) is 18.5 Å². The van der Waals surface area contributed by atoms with Crippen LogP contribution in [0.5, 0.6) is 11.5 Å². The number of carbonyl (C=O) groups is 2. The minimum absolute atomic E-state index is 0.145. The van der Waals surface area contributed by atoms with E-state index in [2.05, 4.69) is 10.6 Å². The zero-order valence-corrected chi connectivity index (χ0v) is 15.5. The van der Waals surface area contributed by atoms with Crippen molar-refractivity contribution in [1.82, 2.24) is 5.32 Å². The minimum Gasteiger partial charge on any atom is -0.490 e. The monoisotopic (exact) mass is 379 g/mol. The van der Waals surface area contributed by atoms with Crippen molar-refractivity contribution in [2.24, 2.45) is 0 Å². The van der Waals surface area contributed by atoms with E-state index in [1.165, 1.54) is 0 Å². The Bertz CT molecular complexity index is 916. The molecule has 28 heavy (non-hydrogen) atoms. The molecule has 2 aromatic carbocycles. The molecule has 0 heterocycles. The van der Waals surface area contributed by atoms with Gasteiger partial charge in [0.1, 0.15) is 0 Å². The van der Waals surface area contributed by atoms with Crippen molar-refractivity contribution in [3.8, 4) is 17.6 Å². The number of rotatable bonds is 8. The molecule has 0 aromatic heterocycles. The molecule has 0 unspecified atom stereocenters. The Kier molecular flexibility index (Phi) is 6.12. The van der Waals surface area contributed by atoms with E-state index in [4.69, 9.17) is 14.7 Å². The number of amides is 2. The molecule has 1 aliphatic rings. The summed E-state index contributed by atoms with van der Waals surface area (Å²) in [5.74, 6) is 0.280. The lowest BCUT2D eigenvalue weighted by atomic mass is 10.2. The maximum absolute atomic E-state index is 12.2. The summed E-state index contributed by atoms with van der Waals surface area (Å²) < 4.78 is 11.0. The van der Waals surface area contributed by atoms with Crippen LogP contribution in [0.4, 0.5) is 5.69 Å². The third-order valence-corrected chi connectivity index (χ3v) is 4.05. The molecule has 0 radical (unpaired) electrons. The summed E-state index contributed by atoms with van der Waals surface area (Å²) in [6.45, 7) is 2.00. The average Bonchev–Trinajstić information content (AvgIpc) is 3.51. The number of nitrogens with zero attached hydrogens (tertiary/aromatic N) is 1. The Morgan fingerprint density at radius 3 is 2.68 bits per heavy atom. The first kappa shape index (κ1) is 19.2. The fourth-order valence-corrected chi connectivity index (χ4v) is 2.54. The van der Waals surface area contributed by atoms with Gasteiger partial charge in [0.05, 0.1) is 18.2 Å². The lowest BCUT2D eigenvalue weighted by Crippen LogP contribution is -2.25. The quantitative estimate of drug-likeness (QED) is 0.735. The molecule has 0 spiro atoms. The van der Waals surface area contributed by atoms with Crippen LogP contribution < -0.4 is 20.1 Å². The summed E-state index contributed by atoms with van der Waals surface area (Å²) in [4.78, 5) is 24.3. The maximum Gasteiger partial charge on any atom is 0.262 e. The zero-order valence-electron chi connectivity index (χ0n) is 15.5. The molecule has 2 aromatic rings. The summed E-state index contributed by atoms with van der Waals surface area (Å²) in [6.07, 6.45) is 2.02. The highest BCUT2D eigenvalue weighted by Crippen LogP contribution is 2.28. The van der Waals surface area contributed by atoms with Crippen molar-refractivity contribution in [1.29, 1.82) is 5.26 Å². The van der Waals surface area contributed by atoms with Gasteiger partial charge in [-0.1, -0.05) is 6.07 Å². The number of nitrogens with one attached hydrogen (secondary N) is 2. The van der Waals surface area contributed by atoms with E-state index in [-0.39, 0.29) is 24.5 Å². The smallest absolute Gasteiger partial charge is 0.262 e. The van der Waals surface area contributed by atoms with Crippen LogP contribution in [0.1, 0.15) is 35.7 Å². The molecule has 0 bridgehead atoms. The van der Waals surface area contributed by atoms with Gasteiger partial charge >= 0.3 is 0 Å². The molecule has 2 amide bonds. The third-order valence-electron chi connectivity index (χ3n) is 4.05. The number of carbonyl (C=O) groups excluding carboxylic acids is 2. The Balaban J connectivity index is 1.59. The van der Waals surface area contributed by atoms with Crippen LogP contribution in [0.15, 0.2) is 42.5 Å². The number of nitriles is 1. The second kappa shape index (κ2) is 8.91. The molecule has 0 saturated heterocycles. The summed E-state index contributed by atoms with van der Waals surface area (Å²) in [5.41, 5.74) is 1.46. The second-order valence-corrected chi connectivity index (χ2v) is 6.37. The van der Waals surface area contributed by atoms with E-state index in [0.717, 1.165) is 12.8 Å². The Morgan fingerprint density at radius 2 is 1.96 bits per heavy atom. The fourth-order valence-electron chi connectivity index (χ4n) is 2.54. The van der Waals surface area contributed by atoms with Crippen molar-refractivity contribution < 1.29 is 19.1 Å². The van der Waals surface area contributed by atoms with Crippen LogP contribution in [0.2, 0.25) is 0 Å². The molecule has 7 nitrogen and oxygen atoms in total. The van der Waals surface area contributed by atoms with Crippen molar-refractivity contribution in [2.45, 2.75) is 25.8 Å². The molecule has 1 aliphatic carbocycles. The van der Waals surface area contributed by atoms with E-state index in [1.807, 2.05) is 13.0 Å². The molecule has 1 fully saturated rings. The van der Waals surface area contributed by atoms with Crippen LogP contribution >= 0.6 is 0 Å². The normalized spacial score (nSPS) is 12.6. The first-order valence-corrected chi connectivity index (χ1v) is 9.09. The molecule has 1 saturated carbocycles. The molecule has 0 atom stereocenters. The number of ether oxygens (including phenoxy) is 2. The Hall–Kier alpha value is -3.53. The van der Waals surface area contributed by atoms with E-state index >= 15 is 0 Å². The summed E-state index contributed by atoms with van der Waals surface area (Å²) in [6, 6.07) is 13.8. The summed E-state index contributed by atoms with van der Waals surface area (Å²) in [7, 11) is 0. The summed E-state index contributed by atoms with van der Waals surface area (Å²) >= 11 is 0. The third kappa shape index (κ3) is 5.24. The van der Waals surface area contributed by atoms with Gasteiger partial charge < -0.3 is 20.1 Å². The van der Waals surface area contributed by atoms with Gasteiger partial charge in [-0.3, -0.25) is 9.59 Å². The van der Waals surface area contributed by atoms with Crippen molar-refractivity contribution in [3.05, 3.63) is 53.6 Å². The van der Waals surface area contributed by atoms with Crippen LogP contribution in [-0.2, 0) is 4.79 Å². The largest absolute Gasteiger partial charge is 0.490 e. The van der Waals surface area contributed by atoms with Crippen LogP contribution in [0.3, 0.4) is 0 Å². The van der Waals surface area contributed by atoms with Gasteiger partial charge in [0.15, 0.2) is 18.1 Å². The van der Waals surface area contributed by atoms with E-state index < -0.39 is 0 Å². The van der Waals surface area contributed by atoms with Gasteiger partial charge in [0.2, 0.25) is 0 Å². The number of benzene rings is 2. The molecule has 7 heteroatoms. The van der Waals surface area contributed by atoms with Crippen molar-refractivity contribution in [3.63, 3.8) is 0 Å².